The standard InChI is InChI=1S/C20H24/c1-17(19-13-5-3-6-14-19)11-9-10-12-18(2)20-15-7-4-8-16-20/h3-9,11,13-18H,10,12H2,1-2H3/b11-9+. The molecule has 0 saturated heterocycles. The van der Waals surface area contributed by atoms with Crippen molar-refractivity contribution >= 4 is 0 Å². The highest BCUT2D eigenvalue weighted by atomic mass is 14.1. The van der Waals surface area contributed by atoms with Gasteiger partial charge in [-0.3, -0.25) is 0 Å². The molecule has 2 aromatic rings. The van der Waals surface area contributed by atoms with Crippen LogP contribution in [-0.2, 0) is 0 Å². The van der Waals surface area contributed by atoms with Gasteiger partial charge in [0.1, 0.15) is 0 Å². The second kappa shape index (κ2) is 7.69. The predicted molar refractivity (Wildman–Crippen MR) is 88.1 cm³/mol. The average Bonchev–Trinajstić information content (AvgIpc) is 2.53. The fourth-order valence-corrected chi connectivity index (χ4v) is 2.46. The molecule has 0 aliphatic heterocycles. The fraction of sp³-hybridized carbons (Fsp3) is 0.300. The van der Waals surface area contributed by atoms with Crippen molar-refractivity contribution < 1.29 is 0 Å². The van der Waals surface area contributed by atoms with Crippen molar-refractivity contribution in [1.29, 1.82) is 0 Å². The van der Waals surface area contributed by atoms with Crippen molar-refractivity contribution in [3.8, 4) is 0 Å². The van der Waals surface area contributed by atoms with Gasteiger partial charge in [-0.2, -0.15) is 0 Å². The normalized spacial score (nSPS) is 14.3. The summed E-state index contributed by atoms with van der Waals surface area (Å²) in [5, 5.41) is 0. The van der Waals surface area contributed by atoms with Crippen LogP contribution < -0.4 is 0 Å². The lowest BCUT2D eigenvalue weighted by molar-refractivity contribution is 0.689. The van der Waals surface area contributed by atoms with Crippen LogP contribution in [0.5, 0.6) is 0 Å². The largest absolute Gasteiger partial charge is 0.0879 e. The van der Waals surface area contributed by atoms with Gasteiger partial charge in [0.15, 0.2) is 0 Å². The van der Waals surface area contributed by atoms with Gasteiger partial charge in [-0.1, -0.05) is 86.7 Å². The maximum Gasteiger partial charge on any atom is -0.00104 e. The van der Waals surface area contributed by atoms with E-state index in [4.69, 9.17) is 0 Å². The number of rotatable bonds is 6. The maximum atomic E-state index is 2.33. The van der Waals surface area contributed by atoms with E-state index < -0.39 is 0 Å². The van der Waals surface area contributed by atoms with Crippen molar-refractivity contribution in [3.05, 3.63) is 83.9 Å². The Labute approximate surface area is 123 Å². The Kier molecular flexibility index (Phi) is 5.61. The topological polar surface area (TPSA) is 0 Å². The van der Waals surface area contributed by atoms with Crippen LogP contribution in [0.15, 0.2) is 72.8 Å². The number of allylic oxidation sites excluding steroid dienone is 2. The number of hydrogen-bond acceptors (Lipinski definition) is 0. The van der Waals surface area contributed by atoms with Crippen LogP contribution in [0.3, 0.4) is 0 Å². The number of hydrogen-bond donors (Lipinski definition) is 0. The van der Waals surface area contributed by atoms with Crippen molar-refractivity contribution in [3.63, 3.8) is 0 Å². The van der Waals surface area contributed by atoms with Crippen LogP contribution in [0.1, 0.15) is 49.7 Å². The summed E-state index contributed by atoms with van der Waals surface area (Å²) in [6.07, 6.45) is 7.01. The van der Waals surface area contributed by atoms with Gasteiger partial charge in [-0.05, 0) is 35.8 Å². The summed E-state index contributed by atoms with van der Waals surface area (Å²) in [7, 11) is 0. The lowest BCUT2D eigenvalue weighted by Gasteiger charge is -2.10. The summed E-state index contributed by atoms with van der Waals surface area (Å²) in [6.45, 7) is 4.57. The third kappa shape index (κ3) is 4.38. The molecule has 0 heteroatoms. The Morgan fingerprint density at radius 1 is 0.800 bits per heavy atom. The molecule has 2 unspecified atom stereocenters. The summed E-state index contributed by atoms with van der Waals surface area (Å²) in [5.41, 5.74) is 2.83. The van der Waals surface area contributed by atoms with Gasteiger partial charge in [0.25, 0.3) is 0 Å². The van der Waals surface area contributed by atoms with E-state index in [0.717, 1.165) is 6.42 Å². The van der Waals surface area contributed by atoms with E-state index >= 15 is 0 Å². The predicted octanol–water partition coefficient (Wildman–Crippen LogP) is 5.93. The molecule has 0 aliphatic carbocycles. The minimum atomic E-state index is 0.503. The minimum absolute atomic E-state index is 0.503. The fourth-order valence-electron chi connectivity index (χ4n) is 2.46. The van der Waals surface area contributed by atoms with Gasteiger partial charge < -0.3 is 0 Å². The van der Waals surface area contributed by atoms with Crippen LogP contribution in [0.2, 0.25) is 0 Å². The molecule has 0 N–H and O–H groups in total. The molecule has 0 heterocycles. The van der Waals surface area contributed by atoms with Crippen LogP contribution in [0.25, 0.3) is 0 Å². The van der Waals surface area contributed by atoms with E-state index in [1.165, 1.54) is 17.5 Å². The summed E-state index contributed by atoms with van der Waals surface area (Å²) in [4.78, 5) is 0. The van der Waals surface area contributed by atoms with Gasteiger partial charge in [0.05, 0.1) is 0 Å². The molecule has 20 heavy (non-hydrogen) atoms. The van der Waals surface area contributed by atoms with Crippen LogP contribution in [-0.4, -0.2) is 0 Å². The maximum absolute atomic E-state index is 2.33. The first-order chi connectivity index (χ1) is 9.77. The molecule has 0 bridgehead atoms. The molecular formula is C20H24. The molecule has 0 aliphatic rings. The zero-order valence-corrected chi connectivity index (χ0v) is 12.5. The van der Waals surface area contributed by atoms with E-state index in [9.17, 15) is 0 Å². The highest BCUT2D eigenvalue weighted by molar-refractivity contribution is 5.23. The third-order valence-electron chi connectivity index (χ3n) is 3.89. The molecule has 0 radical (unpaired) electrons. The molecule has 0 aromatic heterocycles. The zero-order valence-electron chi connectivity index (χ0n) is 12.5. The highest BCUT2D eigenvalue weighted by Gasteiger charge is 2.03. The van der Waals surface area contributed by atoms with Crippen molar-refractivity contribution in [1.82, 2.24) is 0 Å². The van der Waals surface area contributed by atoms with Crippen LogP contribution in [0.4, 0.5) is 0 Å². The average molecular weight is 264 g/mol. The summed E-state index contributed by atoms with van der Waals surface area (Å²) in [6, 6.07) is 21.5. The molecule has 2 aromatic carbocycles. The SMILES string of the molecule is CC(/C=C/CCC(C)c1ccccc1)c1ccccc1. The Morgan fingerprint density at radius 3 is 1.95 bits per heavy atom. The molecule has 2 atom stereocenters. The Hall–Kier alpha value is -1.82. The molecule has 0 fully saturated rings. The van der Waals surface area contributed by atoms with Gasteiger partial charge in [-0.25, -0.2) is 0 Å². The summed E-state index contributed by atoms with van der Waals surface area (Å²) >= 11 is 0. The van der Waals surface area contributed by atoms with Gasteiger partial charge in [0, 0.05) is 0 Å². The van der Waals surface area contributed by atoms with E-state index in [1.54, 1.807) is 0 Å². The van der Waals surface area contributed by atoms with Crippen molar-refractivity contribution in [2.45, 2.75) is 38.5 Å². The van der Waals surface area contributed by atoms with E-state index in [2.05, 4.69) is 86.7 Å². The van der Waals surface area contributed by atoms with Gasteiger partial charge in [-0.15, -0.1) is 0 Å². The Morgan fingerprint density at radius 2 is 1.35 bits per heavy atom. The first-order valence-corrected chi connectivity index (χ1v) is 7.54. The molecular weight excluding hydrogens is 240 g/mol. The quantitative estimate of drug-likeness (QED) is 0.567. The molecule has 104 valence electrons. The Bertz CT molecular complexity index is 510. The molecule has 0 amide bonds. The second-order valence-corrected chi connectivity index (χ2v) is 5.52. The van der Waals surface area contributed by atoms with Crippen molar-refractivity contribution in [2.75, 3.05) is 0 Å². The molecule has 2 rings (SSSR count). The monoisotopic (exact) mass is 264 g/mol. The van der Waals surface area contributed by atoms with Crippen LogP contribution >= 0.6 is 0 Å². The second-order valence-electron chi connectivity index (χ2n) is 5.52. The Balaban J connectivity index is 1.79. The first kappa shape index (κ1) is 14.6. The first-order valence-electron chi connectivity index (χ1n) is 7.54. The third-order valence-corrected chi connectivity index (χ3v) is 3.89. The lowest BCUT2D eigenvalue weighted by Crippen LogP contribution is -1.92. The van der Waals surface area contributed by atoms with Gasteiger partial charge >= 0.3 is 0 Å². The van der Waals surface area contributed by atoms with Crippen LogP contribution in [0, 0.1) is 0 Å². The lowest BCUT2D eigenvalue weighted by atomic mass is 9.95. The molecule has 0 nitrogen and oxygen atoms in total. The number of benzene rings is 2. The molecule has 0 spiro atoms. The minimum Gasteiger partial charge on any atom is -0.0879 e. The van der Waals surface area contributed by atoms with Crippen molar-refractivity contribution in [2.24, 2.45) is 0 Å². The summed E-state index contributed by atoms with van der Waals surface area (Å²) in [5.74, 6) is 1.14. The summed E-state index contributed by atoms with van der Waals surface area (Å²) < 4.78 is 0. The van der Waals surface area contributed by atoms with E-state index in [1.807, 2.05) is 0 Å². The van der Waals surface area contributed by atoms with Gasteiger partial charge in [0.2, 0.25) is 0 Å². The molecule has 0 saturated carbocycles. The smallest absolute Gasteiger partial charge is 0.00104 e. The van der Waals surface area contributed by atoms with E-state index in [-0.39, 0.29) is 0 Å². The van der Waals surface area contributed by atoms with E-state index in [0.29, 0.717) is 11.8 Å². The highest BCUT2D eigenvalue weighted by Crippen LogP contribution is 2.21. The zero-order chi connectivity index (χ0) is 14.2.